The molecule has 1 aliphatic rings. The van der Waals surface area contributed by atoms with Gasteiger partial charge in [0.15, 0.2) is 0 Å². The summed E-state index contributed by atoms with van der Waals surface area (Å²) < 4.78 is 15.0. The third-order valence-corrected chi connectivity index (χ3v) is 1.46. The first-order valence-electron chi connectivity index (χ1n) is 3.96. The summed E-state index contributed by atoms with van der Waals surface area (Å²) in [5, 5.41) is 0. The van der Waals surface area contributed by atoms with Crippen LogP contribution >= 0.6 is 0 Å². The lowest BCUT2D eigenvalue weighted by Gasteiger charge is -2.22. The van der Waals surface area contributed by atoms with Crippen molar-refractivity contribution in [3.05, 3.63) is 25.0 Å². The van der Waals surface area contributed by atoms with E-state index in [1.165, 1.54) is 13.2 Å². The molecule has 1 aliphatic heterocycles. The van der Waals surface area contributed by atoms with E-state index in [0.29, 0.717) is 6.61 Å². The molecule has 0 saturated heterocycles. The fourth-order valence-corrected chi connectivity index (χ4v) is 0.981. The Morgan fingerprint density at radius 3 is 2.92 bits per heavy atom. The van der Waals surface area contributed by atoms with Crippen LogP contribution in [0.4, 0.5) is 0 Å². The van der Waals surface area contributed by atoms with Gasteiger partial charge in [-0.1, -0.05) is 6.58 Å². The van der Waals surface area contributed by atoms with Crippen LogP contribution in [-0.4, -0.2) is 25.0 Å². The Morgan fingerprint density at radius 2 is 2.46 bits per heavy atom. The van der Waals surface area contributed by atoms with Crippen LogP contribution in [0, 0.1) is 0 Å². The number of hydrogen-bond acceptors (Lipinski definition) is 4. The average Bonchev–Trinajstić information content (AvgIpc) is 2.08. The molecule has 0 unspecified atom stereocenters. The van der Waals surface area contributed by atoms with E-state index >= 15 is 0 Å². The predicted molar refractivity (Wildman–Crippen MR) is 45.7 cm³/mol. The molecule has 0 aromatic heterocycles. The first-order chi connectivity index (χ1) is 6.22. The van der Waals surface area contributed by atoms with Gasteiger partial charge in [-0.15, -0.1) is 0 Å². The van der Waals surface area contributed by atoms with Crippen molar-refractivity contribution in [3.63, 3.8) is 0 Å². The Kier molecular flexibility index (Phi) is 3.52. The molecule has 13 heavy (non-hydrogen) atoms. The molecule has 1 rings (SSSR count). The van der Waals surface area contributed by atoms with E-state index in [0.717, 1.165) is 0 Å². The molecule has 2 atom stereocenters. The molecule has 0 saturated carbocycles. The second-order valence-electron chi connectivity index (χ2n) is 2.54. The van der Waals surface area contributed by atoms with Crippen molar-refractivity contribution in [3.8, 4) is 0 Å². The van der Waals surface area contributed by atoms with Crippen LogP contribution in [0.15, 0.2) is 25.0 Å². The minimum atomic E-state index is -0.413. The van der Waals surface area contributed by atoms with Crippen LogP contribution in [0.25, 0.3) is 0 Å². The highest BCUT2D eigenvalue weighted by Crippen LogP contribution is 2.09. The summed E-state index contributed by atoms with van der Waals surface area (Å²) in [5.74, 6) is -0.318. The normalized spacial score (nSPS) is 26.5. The molecule has 1 heterocycles. The molecule has 0 bridgehead atoms. The minimum Gasteiger partial charge on any atom is -0.469 e. The van der Waals surface area contributed by atoms with Crippen molar-refractivity contribution in [2.45, 2.75) is 19.3 Å². The van der Waals surface area contributed by atoms with E-state index < -0.39 is 6.29 Å². The van der Waals surface area contributed by atoms with Gasteiger partial charge in [-0.05, 0) is 12.2 Å². The topological polar surface area (TPSA) is 44.8 Å². The molecule has 0 fully saturated rings. The van der Waals surface area contributed by atoms with Crippen molar-refractivity contribution in [1.82, 2.24) is 0 Å². The fraction of sp³-hybridized carbons (Fsp3) is 0.444. The zero-order valence-electron chi connectivity index (χ0n) is 7.43. The second-order valence-corrected chi connectivity index (χ2v) is 2.54. The highest BCUT2D eigenvalue weighted by molar-refractivity contribution is 5.66. The summed E-state index contributed by atoms with van der Waals surface area (Å²) in [6.45, 7) is 5.08. The van der Waals surface area contributed by atoms with Gasteiger partial charge in [-0.25, -0.2) is 0 Å². The fourth-order valence-electron chi connectivity index (χ4n) is 0.981. The van der Waals surface area contributed by atoms with Gasteiger partial charge in [0.25, 0.3) is 0 Å². The highest BCUT2D eigenvalue weighted by atomic mass is 16.7. The summed E-state index contributed by atoms with van der Waals surface area (Å²) in [5.41, 5.74) is 0. The number of ether oxygens (including phenoxy) is 3. The maximum atomic E-state index is 10.6. The van der Waals surface area contributed by atoms with Crippen molar-refractivity contribution < 1.29 is 19.0 Å². The van der Waals surface area contributed by atoms with E-state index in [9.17, 15) is 4.79 Å². The predicted octanol–water partition coefficient (Wildman–Crippen LogP) is 0.991. The molecule has 0 spiro atoms. The van der Waals surface area contributed by atoms with Crippen LogP contribution in [-0.2, 0) is 19.0 Å². The largest absolute Gasteiger partial charge is 0.469 e. The van der Waals surface area contributed by atoms with Crippen molar-refractivity contribution in [2.24, 2.45) is 0 Å². The van der Waals surface area contributed by atoms with E-state index in [4.69, 9.17) is 14.2 Å². The molecule has 0 aromatic carbocycles. The molecule has 4 nitrogen and oxygen atoms in total. The van der Waals surface area contributed by atoms with Gasteiger partial charge in [0.2, 0.25) is 6.29 Å². The molecule has 72 valence electrons. The van der Waals surface area contributed by atoms with Gasteiger partial charge in [0, 0.05) is 6.92 Å². The van der Waals surface area contributed by atoms with E-state index in [2.05, 4.69) is 6.58 Å². The zero-order valence-corrected chi connectivity index (χ0v) is 7.43. The molecule has 0 amide bonds. The van der Waals surface area contributed by atoms with Gasteiger partial charge in [-0.2, -0.15) is 0 Å². The Balaban J connectivity index is 2.37. The Labute approximate surface area is 76.8 Å². The second kappa shape index (κ2) is 4.67. The summed E-state index contributed by atoms with van der Waals surface area (Å²) in [6, 6.07) is 0. The van der Waals surface area contributed by atoms with Gasteiger partial charge in [0.1, 0.15) is 6.10 Å². The Morgan fingerprint density at radius 1 is 1.69 bits per heavy atom. The maximum Gasteiger partial charge on any atom is 0.303 e. The number of carbonyl (C=O) groups is 1. The number of hydrogen-bond donors (Lipinski definition) is 0. The van der Waals surface area contributed by atoms with Crippen LogP contribution in [0.1, 0.15) is 6.92 Å². The first kappa shape index (κ1) is 9.80. The van der Waals surface area contributed by atoms with Crippen LogP contribution in [0.2, 0.25) is 0 Å². The number of carbonyl (C=O) groups excluding carboxylic acids is 1. The number of rotatable bonds is 3. The van der Waals surface area contributed by atoms with Crippen LogP contribution in [0.3, 0.4) is 0 Å². The van der Waals surface area contributed by atoms with Gasteiger partial charge in [0.05, 0.1) is 12.9 Å². The van der Waals surface area contributed by atoms with E-state index in [1.54, 1.807) is 12.2 Å². The zero-order chi connectivity index (χ0) is 9.68. The monoisotopic (exact) mass is 184 g/mol. The SMILES string of the molecule is C=CO[C@H]1C=C[C@H](OC(C)=O)CO1. The lowest BCUT2D eigenvalue weighted by molar-refractivity contribution is -0.154. The van der Waals surface area contributed by atoms with Gasteiger partial charge < -0.3 is 14.2 Å². The number of esters is 1. The minimum absolute atomic E-state index is 0.304. The van der Waals surface area contributed by atoms with E-state index in [-0.39, 0.29) is 12.1 Å². The summed E-state index contributed by atoms with van der Waals surface area (Å²) >= 11 is 0. The van der Waals surface area contributed by atoms with Crippen molar-refractivity contribution in [2.75, 3.05) is 6.61 Å². The summed E-state index contributed by atoms with van der Waals surface area (Å²) in [6.07, 6.45) is 4.01. The van der Waals surface area contributed by atoms with E-state index in [1.807, 2.05) is 0 Å². The molecule has 0 N–H and O–H groups in total. The van der Waals surface area contributed by atoms with Crippen molar-refractivity contribution in [1.29, 1.82) is 0 Å². The third kappa shape index (κ3) is 3.29. The molecular formula is C9H12O4. The lowest BCUT2D eigenvalue weighted by atomic mass is 10.3. The van der Waals surface area contributed by atoms with Gasteiger partial charge in [-0.3, -0.25) is 4.79 Å². The standard InChI is InChI=1S/C9H12O4/c1-3-11-9-5-4-8(6-12-9)13-7(2)10/h3-5,8-9H,1,6H2,2H3/t8-,9+/m0/s1. The maximum absolute atomic E-state index is 10.6. The van der Waals surface area contributed by atoms with Crippen LogP contribution < -0.4 is 0 Å². The molecule has 0 aromatic rings. The van der Waals surface area contributed by atoms with Gasteiger partial charge >= 0.3 is 5.97 Å². The third-order valence-electron chi connectivity index (χ3n) is 1.46. The molecule has 0 aliphatic carbocycles. The summed E-state index contributed by atoms with van der Waals surface area (Å²) in [7, 11) is 0. The first-order valence-corrected chi connectivity index (χ1v) is 3.96. The average molecular weight is 184 g/mol. The highest BCUT2D eigenvalue weighted by Gasteiger charge is 2.17. The molecular weight excluding hydrogens is 172 g/mol. The summed E-state index contributed by atoms with van der Waals surface area (Å²) in [4.78, 5) is 10.6. The lowest BCUT2D eigenvalue weighted by Crippen LogP contribution is -2.28. The smallest absolute Gasteiger partial charge is 0.303 e. The Bertz CT molecular complexity index is 222. The van der Waals surface area contributed by atoms with Crippen LogP contribution in [0.5, 0.6) is 0 Å². The van der Waals surface area contributed by atoms with Crippen molar-refractivity contribution >= 4 is 5.97 Å². The quantitative estimate of drug-likeness (QED) is 0.373. The molecule has 0 radical (unpaired) electrons. The molecule has 4 heteroatoms. The Hall–Kier alpha value is -1.29.